The maximum Gasteiger partial charge on any atom is 0.228 e. The monoisotopic (exact) mass is 431 g/mol. The number of anilines is 1. The van der Waals surface area contributed by atoms with E-state index in [9.17, 15) is 4.79 Å². The van der Waals surface area contributed by atoms with Crippen LogP contribution in [0.25, 0.3) is 10.8 Å². The van der Waals surface area contributed by atoms with Gasteiger partial charge in [-0.1, -0.05) is 96.0 Å². The van der Waals surface area contributed by atoms with Crippen LogP contribution in [-0.4, -0.2) is 5.91 Å². The summed E-state index contributed by atoms with van der Waals surface area (Å²) in [5.74, 6) is -0.0560. The molecule has 0 spiro atoms. The summed E-state index contributed by atoms with van der Waals surface area (Å²) in [6.45, 7) is 0.543. The first-order valence-electron chi connectivity index (χ1n) is 9.93. The minimum atomic E-state index is -0.142. The van der Waals surface area contributed by atoms with Gasteiger partial charge in [0.15, 0.2) is 0 Å². The summed E-state index contributed by atoms with van der Waals surface area (Å²) in [6, 6.07) is 28.2. The van der Waals surface area contributed by atoms with Gasteiger partial charge in [-0.05, 0) is 39.6 Å². The highest BCUT2D eigenvalue weighted by atomic mass is 35.5. The van der Waals surface area contributed by atoms with E-state index in [1.54, 1.807) is 6.07 Å². The first-order valence-corrected chi connectivity index (χ1v) is 10.7. The molecular weight excluding hydrogens is 413 g/mol. The van der Waals surface area contributed by atoms with E-state index in [1.807, 2.05) is 59.5 Å². The van der Waals surface area contributed by atoms with E-state index in [-0.39, 0.29) is 11.8 Å². The first-order chi connectivity index (χ1) is 14.6. The second kappa shape index (κ2) is 7.79. The second-order valence-corrected chi connectivity index (χ2v) is 8.37. The number of carbonyl (C=O) groups is 1. The van der Waals surface area contributed by atoms with E-state index in [1.165, 1.54) is 0 Å². The highest BCUT2D eigenvalue weighted by Crippen LogP contribution is 2.46. The quantitative estimate of drug-likeness (QED) is 0.335. The Labute approximate surface area is 185 Å². The summed E-state index contributed by atoms with van der Waals surface area (Å²) in [5, 5.41) is 3.32. The molecule has 0 bridgehead atoms. The summed E-state index contributed by atoms with van der Waals surface area (Å²) in [4.78, 5) is 15.2. The third-order valence-corrected chi connectivity index (χ3v) is 6.64. The molecule has 148 valence electrons. The Balaban J connectivity index is 1.72. The number of rotatable bonds is 3. The Hall–Kier alpha value is -2.81. The normalized spacial score (nSPS) is 16.0. The van der Waals surface area contributed by atoms with E-state index in [0.717, 1.165) is 33.2 Å². The van der Waals surface area contributed by atoms with Crippen LogP contribution >= 0.6 is 23.2 Å². The third-order valence-electron chi connectivity index (χ3n) is 5.81. The fourth-order valence-corrected chi connectivity index (χ4v) is 4.84. The van der Waals surface area contributed by atoms with E-state index >= 15 is 0 Å². The maximum absolute atomic E-state index is 13.3. The maximum atomic E-state index is 13.3. The van der Waals surface area contributed by atoms with Crippen LogP contribution in [0, 0.1) is 0 Å². The van der Waals surface area contributed by atoms with Gasteiger partial charge in [-0.25, -0.2) is 0 Å². The molecule has 1 unspecified atom stereocenters. The molecule has 1 heterocycles. The average Bonchev–Trinajstić information content (AvgIpc) is 2.78. The van der Waals surface area contributed by atoms with E-state index in [2.05, 4.69) is 24.3 Å². The molecule has 0 N–H and O–H groups in total. The second-order valence-electron chi connectivity index (χ2n) is 7.58. The van der Waals surface area contributed by atoms with Crippen LogP contribution in [-0.2, 0) is 11.3 Å². The van der Waals surface area contributed by atoms with Crippen molar-refractivity contribution in [1.29, 1.82) is 0 Å². The number of amides is 1. The zero-order valence-corrected chi connectivity index (χ0v) is 17.7. The smallest absolute Gasteiger partial charge is 0.228 e. The molecule has 0 fully saturated rings. The molecule has 1 atom stereocenters. The lowest BCUT2D eigenvalue weighted by Crippen LogP contribution is -2.36. The van der Waals surface area contributed by atoms with Crippen molar-refractivity contribution >= 4 is 45.6 Å². The lowest BCUT2D eigenvalue weighted by atomic mass is 9.81. The zero-order chi connectivity index (χ0) is 20.7. The molecule has 0 radical (unpaired) electrons. The Morgan fingerprint density at radius 1 is 0.833 bits per heavy atom. The zero-order valence-electron chi connectivity index (χ0n) is 16.2. The van der Waals surface area contributed by atoms with Crippen LogP contribution in [0.15, 0.2) is 84.9 Å². The molecule has 4 aromatic rings. The van der Waals surface area contributed by atoms with Crippen molar-refractivity contribution in [1.82, 2.24) is 0 Å². The molecule has 0 saturated carbocycles. The number of hydrogen-bond acceptors (Lipinski definition) is 1. The molecule has 1 aliphatic rings. The molecule has 1 aliphatic heterocycles. The van der Waals surface area contributed by atoms with Crippen LogP contribution in [0.2, 0.25) is 10.0 Å². The number of carbonyl (C=O) groups excluding carboxylic acids is 1. The highest BCUT2D eigenvalue weighted by Gasteiger charge is 2.34. The Morgan fingerprint density at radius 3 is 2.43 bits per heavy atom. The number of fused-ring (bicyclic) bond motifs is 3. The predicted octanol–water partition coefficient (Wildman–Crippen LogP) is 7.22. The van der Waals surface area contributed by atoms with Crippen LogP contribution in [0.5, 0.6) is 0 Å². The Bertz CT molecular complexity index is 1250. The molecular formula is C26H19Cl2NO. The summed E-state index contributed by atoms with van der Waals surface area (Å²) in [7, 11) is 0. The molecule has 5 rings (SSSR count). The largest absolute Gasteiger partial charge is 0.308 e. The van der Waals surface area contributed by atoms with Gasteiger partial charge in [0, 0.05) is 18.0 Å². The van der Waals surface area contributed by atoms with Gasteiger partial charge in [0.1, 0.15) is 0 Å². The van der Waals surface area contributed by atoms with E-state index in [4.69, 9.17) is 23.2 Å². The summed E-state index contributed by atoms with van der Waals surface area (Å²) < 4.78 is 0. The van der Waals surface area contributed by atoms with Gasteiger partial charge in [-0.2, -0.15) is 0 Å². The van der Waals surface area contributed by atoms with Crippen LogP contribution in [0.1, 0.15) is 29.0 Å². The summed E-state index contributed by atoms with van der Waals surface area (Å²) >= 11 is 12.9. The predicted molar refractivity (Wildman–Crippen MR) is 125 cm³/mol. The average molecular weight is 432 g/mol. The number of hydrogen-bond donors (Lipinski definition) is 0. The number of halogens is 2. The molecule has 1 amide bonds. The lowest BCUT2D eigenvalue weighted by molar-refractivity contribution is -0.119. The van der Waals surface area contributed by atoms with Crippen molar-refractivity contribution < 1.29 is 4.79 Å². The van der Waals surface area contributed by atoms with Crippen molar-refractivity contribution in [2.75, 3.05) is 4.90 Å². The van der Waals surface area contributed by atoms with E-state index in [0.29, 0.717) is 23.0 Å². The van der Waals surface area contributed by atoms with Gasteiger partial charge >= 0.3 is 0 Å². The van der Waals surface area contributed by atoms with Gasteiger partial charge in [0.2, 0.25) is 5.91 Å². The van der Waals surface area contributed by atoms with Gasteiger partial charge in [-0.3, -0.25) is 4.79 Å². The van der Waals surface area contributed by atoms with Crippen LogP contribution < -0.4 is 4.90 Å². The van der Waals surface area contributed by atoms with E-state index < -0.39 is 0 Å². The highest BCUT2D eigenvalue weighted by molar-refractivity contribution is 6.42. The lowest BCUT2D eigenvalue weighted by Gasteiger charge is -2.36. The minimum absolute atomic E-state index is 0.0858. The van der Waals surface area contributed by atoms with Crippen LogP contribution in [0.4, 0.5) is 5.69 Å². The Kier molecular flexibility index (Phi) is 4.98. The van der Waals surface area contributed by atoms with Crippen molar-refractivity contribution in [3.05, 3.63) is 112 Å². The molecule has 0 saturated heterocycles. The molecule has 0 aromatic heterocycles. The molecule has 2 nitrogen and oxygen atoms in total. The van der Waals surface area contributed by atoms with Crippen LogP contribution in [0.3, 0.4) is 0 Å². The molecule has 0 aliphatic carbocycles. The topological polar surface area (TPSA) is 20.3 Å². The molecule has 30 heavy (non-hydrogen) atoms. The van der Waals surface area contributed by atoms with Gasteiger partial charge in [-0.15, -0.1) is 0 Å². The summed E-state index contributed by atoms with van der Waals surface area (Å²) in [5.41, 5.74) is 4.07. The van der Waals surface area contributed by atoms with Gasteiger partial charge < -0.3 is 4.90 Å². The molecule has 4 heteroatoms. The fraction of sp³-hybridized carbons (Fsp3) is 0.115. The summed E-state index contributed by atoms with van der Waals surface area (Å²) in [6.07, 6.45) is 0.355. The Morgan fingerprint density at radius 2 is 1.60 bits per heavy atom. The molecule has 4 aromatic carbocycles. The van der Waals surface area contributed by atoms with Gasteiger partial charge in [0.25, 0.3) is 0 Å². The fourth-order valence-electron chi connectivity index (χ4n) is 4.40. The van der Waals surface area contributed by atoms with Crippen molar-refractivity contribution in [3.63, 3.8) is 0 Å². The number of benzene rings is 4. The third kappa shape index (κ3) is 3.27. The minimum Gasteiger partial charge on any atom is -0.308 e. The standard InChI is InChI=1S/C26H19Cl2NO/c27-22-12-6-11-20(26(22)28)21-15-24(30)29(16-17-7-2-1-3-8-17)23-14-13-18-9-4-5-10-19(18)25(21)23/h1-14,21H,15-16H2. The van der Waals surface area contributed by atoms with Gasteiger partial charge in [0.05, 0.1) is 16.6 Å². The van der Waals surface area contributed by atoms with Crippen molar-refractivity contribution in [2.45, 2.75) is 18.9 Å². The van der Waals surface area contributed by atoms with Crippen molar-refractivity contribution in [2.24, 2.45) is 0 Å². The SMILES string of the molecule is O=C1CC(c2cccc(Cl)c2Cl)c2c(ccc3ccccc23)N1Cc1ccccc1. The van der Waals surface area contributed by atoms with Crippen molar-refractivity contribution in [3.8, 4) is 0 Å². The number of nitrogens with zero attached hydrogens (tertiary/aromatic N) is 1. The first kappa shape index (κ1) is 19.2.